The molecular formula is C27H31FNO2+. The second-order valence-electron chi connectivity index (χ2n) is 8.93. The summed E-state index contributed by atoms with van der Waals surface area (Å²) >= 11 is 0. The Labute approximate surface area is 184 Å². The van der Waals surface area contributed by atoms with Crippen LogP contribution in [0.4, 0.5) is 10.1 Å². The van der Waals surface area contributed by atoms with Gasteiger partial charge in [0.25, 0.3) is 0 Å². The zero-order valence-corrected chi connectivity index (χ0v) is 18.0. The van der Waals surface area contributed by atoms with Crippen LogP contribution in [-0.2, 0) is 14.9 Å². The molecule has 3 nitrogen and oxygen atoms in total. The van der Waals surface area contributed by atoms with Gasteiger partial charge in [-0.25, -0.2) is 4.39 Å². The zero-order valence-electron chi connectivity index (χ0n) is 18.0. The lowest BCUT2D eigenvalue weighted by Gasteiger charge is -2.37. The van der Waals surface area contributed by atoms with Crippen LogP contribution < -0.4 is 4.90 Å². The van der Waals surface area contributed by atoms with Crippen LogP contribution in [-0.4, -0.2) is 25.2 Å². The summed E-state index contributed by atoms with van der Waals surface area (Å²) in [6, 6.07) is 16.7. The van der Waals surface area contributed by atoms with Crippen molar-refractivity contribution in [2.45, 2.75) is 56.5 Å². The lowest BCUT2D eigenvalue weighted by Crippen LogP contribution is -3.10. The van der Waals surface area contributed by atoms with Crippen LogP contribution in [0.3, 0.4) is 0 Å². The molecule has 0 bridgehead atoms. The molecule has 1 saturated heterocycles. The zero-order chi connectivity index (χ0) is 21.7. The maximum atomic E-state index is 13.7. The third kappa shape index (κ3) is 4.67. The maximum Gasteiger partial charge on any atom is 0.317 e. The van der Waals surface area contributed by atoms with Crippen LogP contribution >= 0.6 is 0 Å². The number of nitrogens with one attached hydrogen (secondary N) is 1. The monoisotopic (exact) mass is 420 g/mol. The van der Waals surface area contributed by atoms with Crippen molar-refractivity contribution in [2.24, 2.45) is 5.92 Å². The molecule has 1 aliphatic carbocycles. The molecule has 2 fully saturated rings. The number of quaternary nitrogens is 1. The van der Waals surface area contributed by atoms with E-state index in [1.54, 1.807) is 12.1 Å². The third-order valence-electron chi connectivity index (χ3n) is 7.05. The molecule has 3 unspecified atom stereocenters. The Bertz CT molecular complexity index is 911. The first-order valence-corrected chi connectivity index (χ1v) is 11.5. The molecule has 0 spiro atoms. The van der Waals surface area contributed by atoms with Gasteiger partial charge in [0.05, 0.1) is 17.9 Å². The summed E-state index contributed by atoms with van der Waals surface area (Å²) < 4.78 is 19.6. The van der Waals surface area contributed by atoms with E-state index in [2.05, 4.69) is 18.1 Å². The highest BCUT2D eigenvalue weighted by Crippen LogP contribution is 2.40. The number of ether oxygens (including phenoxy) is 1. The van der Waals surface area contributed by atoms with E-state index in [4.69, 9.17) is 11.2 Å². The summed E-state index contributed by atoms with van der Waals surface area (Å²) in [5, 5.41) is 0. The minimum Gasteiger partial charge on any atom is -0.454 e. The standard InChI is InChI=1S/C27H30FNO2/c1-2-21-16-19-29(24-14-12-23(28)13-15-24)20-25(21)31-26(30)27(17-8-3-4-9-18-27)22-10-6-5-7-11-22/h1,5-7,10-15,21,25H,3-4,8-9,16-20H2/p+1. The molecule has 4 rings (SSSR count). The van der Waals surface area contributed by atoms with Crippen molar-refractivity contribution < 1.29 is 18.8 Å². The van der Waals surface area contributed by atoms with E-state index in [1.165, 1.54) is 17.0 Å². The summed E-state index contributed by atoms with van der Waals surface area (Å²) in [5.74, 6) is 2.39. The average molecular weight is 421 g/mol. The molecule has 2 aliphatic rings. The van der Waals surface area contributed by atoms with Gasteiger partial charge in [0, 0.05) is 18.6 Å². The highest BCUT2D eigenvalue weighted by atomic mass is 19.1. The summed E-state index contributed by atoms with van der Waals surface area (Å²) in [4.78, 5) is 14.9. The molecule has 1 saturated carbocycles. The Hall–Kier alpha value is -2.64. The smallest absolute Gasteiger partial charge is 0.317 e. The lowest BCUT2D eigenvalue weighted by molar-refractivity contribution is -0.843. The fraction of sp³-hybridized carbons (Fsp3) is 0.444. The van der Waals surface area contributed by atoms with E-state index in [9.17, 15) is 9.18 Å². The van der Waals surface area contributed by atoms with E-state index in [0.717, 1.165) is 62.7 Å². The first kappa shape index (κ1) is 21.6. The van der Waals surface area contributed by atoms with Crippen molar-refractivity contribution in [1.29, 1.82) is 0 Å². The number of hydrogen-bond acceptors (Lipinski definition) is 2. The number of carbonyl (C=O) groups is 1. The quantitative estimate of drug-likeness (QED) is 0.457. The number of rotatable bonds is 4. The Morgan fingerprint density at radius 1 is 1.03 bits per heavy atom. The van der Waals surface area contributed by atoms with Crippen LogP contribution in [0, 0.1) is 24.1 Å². The number of hydrogen-bond donors (Lipinski definition) is 1. The largest absolute Gasteiger partial charge is 0.454 e. The van der Waals surface area contributed by atoms with Crippen molar-refractivity contribution >= 4 is 11.7 Å². The molecule has 3 atom stereocenters. The SMILES string of the molecule is C#CC1CC[NH+](c2ccc(F)cc2)CC1OC(=O)C1(c2ccccc2)CCCCCC1. The summed E-state index contributed by atoms with van der Waals surface area (Å²) in [6.45, 7) is 1.45. The molecule has 4 heteroatoms. The first-order valence-electron chi connectivity index (χ1n) is 11.5. The maximum absolute atomic E-state index is 13.7. The molecule has 0 aromatic heterocycles. The summed E-state index contributed by atoms with van der Waals surface area (Å²) in [5.41, 5.74) is 1.47. The van der Waals surface area contributed by atoms with Gasteiger partial charge in [-0.3, -0.25) is 9.69 Å². The summed E-state index contributed by atoms with van der Waals surface area (Å²) in [6.07, 6.45) is 12.3. The van der Waals surface area contributed by atoms with Crippen LogP contribution in [0.5, 0.6) is 0 Å². The van der Waals surface area contributed by atoms with E-state index in [-0.39, 0.29) is 23.8 Å². The van der Waals surface area contributed by atoms with Crippen molar-refractivity contribution in [2.75, 3.05) is 13.1 Å². The van der Waals surface area contributed by atoms with Crippen LogP contribution in [0.15, 0.2) is 54.6 Å². The topological polar surface area (TPSA) is 30.7 Å². The van der Waals surface area contributed by atoms with Gasteiger partial charge in [0.2, 0.25) is 0 Å². The lowest BCUT2D eigenvalue weighted by atomic mass is 9.74. The van der Waals surface area contributed by atoms with E-state index in [1.807, 2.05) is 18.2 Å². The number of terminal acetylenes is 1. The molecule has 0 radical (unpaired) electrons. The summed E-state index contributed by atoms with van der Waals surface area (Å²) in [7, 11) is 0. The molecule has 1 aliphatic heterocycles. The number of carbonyl (C=O) groups excluding carboxylic acids is 1. The predicted molar refractivity (Wildman–Crippen MR) is 119 cm³/mol. The molecule has 0 amide bonds. The van der Waals surface area contributed by atoms with Crippen molar-refractivity contribution in [1.82, 2.24) is 0 Å². The number of piperidine rings is 1. The highest BCUT2D eigenvalue weighted by Gasteiger charge is 2.45. The normalized spacial score (nSPS) is 25.7. The van der Waals surface area contributed by atoms with Crippen molar-refractivity contribution in [3.05, 3.63) is 66.0 Å². The fourth-order valence-electron chi connectivity index (χ4n) is 5.22. The second kappa shape index (κ2) is 9.66. The van der Waals surface area contributed by atoms with E-state index < -0.39 is 5.41 Å². The minimum absolute atomic E-state index is 0.0910. The molecule has 162 valence electrons. The highest BCUT2D eigenvalue weighted by molar-refractivity contribution is 5.83. The van der Waals surface area contributed by atoms with Crippen LogP contribution in [0.1, 0.15) is 50.5 Å². The Kier molecular flexibility index (Phi) is 6.73. The van der Waals surface area contributed by atoms with Gasteiger partial charge < -0.3 is 4.74 Å². The van der Waals surface area contributed by atoms with Crippen LogP contribution in [0.2, 0.25) is 0 Å². The van der Waals surface area contributed by atoms with Gasteiger partial charge in [-0.15, -0.1) is 6.42 Å². The van der Waals surface area contributed by atoms with Crippen LogP contribution in [0.25, 0.3) is 0 Å². The minimum atomic E-state index is -0.593. The van der Waals surface area contributed by atoms with Gasteiger partial charge in [0.1, 0.15) is 18.0 Å². The predicted octanol–water partition coefficient (Wildman–Crippen LogP) is 4.20. The Morgan fingerprint density at radius 2 is 1.71 bits per heavy atom. The number of esters is 1. The number of benzene rings is 2. The van der Waals surface area contributed by atoms with Gasteiger partial charge in [-0.2, -0.15) is 0 Å². The molecule has 1 heterocycles. The molecule has 1 N–H and O–H groups in total. The molecule has 31 heavy (non-hydrogen) atoms. The van der Waals surface area contributed by atoms with E-state index in [0.29, 0.717) is 6.54 Å². The molecule has 2 aromatic rings. The van der Waals surface area contributed by atoms with Gasteiger partial charge >= 0.3 is 5.97 Å². The van der Waals surface area contributed by atoms with Gasteiger partial charge in [-0.1, -0.05) is 61.9 Å². The van der Waals surface area contributed by atoms with Crippen molar-refractivity contribution in [3.63, 3.8) is 0 Å². The molecular weight excluding hydrogens is 389 g/mol. The number of halogens is 1. The first-order chi connectivity index (χ1) is 15.1. The van der Waals surface area contributed by atoms with Gasteiger partial charge in [-0.05, 0) is 30.5 Å². The fourth-order valence-corrected chi connectivity index (χ4v) is 5.22. The van der Waals surface area contributed by atoms with E-state index >= 15 is 0 Å². The van der Waals surface area contributed by atoms with Crippen molar-refractivity contribution in [3.8, 4) is 12.3 Å². The second-order valence-corrected chi connectivity index (χ2v) is 8.93. The van der Waals surface area contributed by atoms with Gasteiger partial charge in [0.15, 0.2) is 6.10 Å². The molecule has 2 aromatic carbocycles. The average Bonchev–Trinajstić information content (AvgIpc) is 3.07. The third-order valence-corrected chi connectivity index (χ3v) is 7.05. The Morgan fingerprint density at radius 3 is 2.35 bits per heavy atom. The Balaban J connectivity index is 1.57.